The van der Waals surface area contributed by atoms with Gasteiger partial charge in [-0.1, -0.05) is 0 Å². The van der Waals surface area contributed by atoms with Crippen molar-refractivity contribution in [2.45, 2.75) is 36.8 Å². The molecule has 3 aliphatic heterocycles. The van der Waals surface area contributed by atoms with E-state index in [1.165, 1.54) is 12.7 Å². The number of nitrogens with zero attached hydrogens (tertiary/aromatic N) is 1. The lowest BCUT2D eigenvalue weighted by Crippen LogP contribution is -2.47. The van der Waals surface area contributed by atoms with Gasteiger partial charge < -0.3 is 23.7 Å². The van der Waals surface area contributed by atoms with Crippen molar-refractivity contribution in [3.63, 3.8) is 0 Å². The summed E-state index contributed by atoms with van der Waals surface area (Å²) in [6.07, 6.45) is 6.56. The van der Waals surface area contributed by atoms with E-state index in [0.717, 1.165) is 55.8 Å². The number of carbonyl (C=O) groups is 2. The van der Waals surface area contributed by atoms with E-state index in [0.29, 0.717) is 11.5 Å². The molecular formula is C23H25NO7. The van der Waals surface area contributed by atoms with Gasteiger partial charge in [-0.15, -0.1) is 0 Å². The summed E-state index contributed by atoms with van der Waals surface area (Å²) < 4.78 is 27.4. The summed E-state index contributed by atoms with van der Waals surface area (Å²) in [5.74, 6) is 0.710. The Morgan fingerprint density at radius 1 is 1.13 bits per heavy atom. The van der Waals surface area contributed by atoms with Crippen molar-refractivity contribution in [3.8, 4) is 11.5 Å². The SMILES string of the molecule is COC(=O)/C=C/C(=O)O[C@@H]1C(OC)=C[C@]23CCCN2CCc2cc4c(cc2[C@H]13)OCO4. The Balaban J connectivity index is 1.56. The standard InChI is InChI=1S/C23H25NO7/c1-27-18-12-23-7-3-8-24(23)9-6-14-10-16-17(30-13-29-16)11-15(14)21(23)22(18)31-20(26)5-4-19(25)28-2/h4-5,10-12,21-22H,3,6-9,13H2,1-2H3/b5-4+/t21-,22-,23+/m1/s1. The molecule has 8 heteroatoms. The molecule has 0 saturated carbocycles. The number of hydrogen-bond acceptors (Lipinski definition) is 8. The first kappa shape index (κ1) is 19.9. The molecule has 164 valence electrons. The maximum Gasteiger partial charge on any atom is 0.331 e. The van der Waals surface area contributed by atoms with Crippen molar-refractivity contribution >= 4 is 11.9 Å². The smallest absolute Gasteiger partial charge is 0.331 e. The number of fused-ring (bicyclic) bond motifs is 3. The fraction of sp³-hybridized carbons (Fsp3) is 0.478. The van der Waals surface area contributed by atoms with Crippen LogP contribution in [0.5, 0.6) is 11.5 Å². The fourth-order valence-electron chi connectivity index (χ4n) is 5.46. The predicted molar refractivity (Wildman–Crippen MR) is 109 cm³/mol. The molecule has 8 nitrogen and oxygen atoms in total. The minimum absolute atomic E-state index is 0.146. The molecule has 1 aliphatic carbocycles. The quantitative estimate of drug-likeness (QED) is 0.534. The summed E-state index contributed by atoms with van der Waals surface area (Å²) in [6, 6.07) is 4.08. The summed E-state index contributed by atoms with van der Waals surface area (Å²) in [6.45, 7) is 2.09. The number of benzene rings is 1. The number of ether oxygens (including phenoxy) is 5. The summed E-state index contributed by atoms with van der Waals surface area (Å²) in [7, 11) is 2.85. The van der Waals surface area contributed by atoms with Crippen LogP contribution in [0.3, 0.4) is 0 Å². The van der Waals surface area contributed by atoms with Crippen LogP contribution in [0.15, 0.2) is 36.1 Å². The van der Waals surface area contributed by atoms with Gasteiger partial charge in [0.15, 0.2) is 17.6 Å². The maximum atomic E-state index is 12.6. The number of esters is 2. The molecule has 31 heavy (non-hydrogen) atoms. The Morgan fingerprint density at radius 3 is 2.68 bits per heavy atom. The third kappa shape index (κ3) is 3.17. The molecule has 1 aromatic carbocycles. The highest BCUT2D eigenvalue weighted by molar-refractivity contribution is 5.91. The molecule has 0 N–H and O–H groups in total. The highest BCUT2D eigenvalue weighted by Gasteiger charge is 2.58. The second-order valence-corrected chi connectivity index (χ2v) is 8.18. The zero-order valence-electron chi connectivity index (χ0n) is 17.6. The third-order valence-electron chi connectivity index (χ3n) is 6.76. The Morgan fingerprint density at radius 2 is 1.90 bits per heavy atom. The average molecular weight is 427 g/mol. The van der Waals surface area contributed by atoms with Crippen LogP contribution in [0.4, 0.5) is 0 Å². The van der Waals surface area contributed by atoms with Gasteiger partial charge in [0, 0.05) is 18.7 Å². The van der Waals surface area contributed by atoms with Gasteiger partial charge in [-0.25, -0.2) is 9.59 Å². The highest BCUT2D eigenvalue weighted by Crippen LogP contribution is 2.55. The summed E-state index contributed by atoms with van der Waals surface area (Å²) >= 11 is 0. The lowest BCUT2D eigenvalue weighted by Gasteiger charge is -2.39. The molecule has 1 spiro atoms. The summed E-state index contributed by atoms with van der Waals surface area (Å²) in [5.41, 5.74) is 1.97. The van der Waals surface area contributed by atoms with E-state index >= 15 is 0 Å². The third-order valence-corrected chi connectivity index (χ3v) is 6.76. The minimum Gasteiger partial charge on any atom is -0.497 e. The molecule has 1 saturated heterocycles. The Kier molecular flexibility index (Phi) is 4.89. The van der Waals surface area contributed by atoms with Gasteiger partial charge in [0.25, 0.3) is 0 Å². The molecule has 0 amide bonds. The molecule has 0 unspecified atom stereocenters. The number of rotatable bonds is 4. The second kappa shape index (κ2) is 7.60. The van der Waals surface area contributed by atoms with Gasteiger partial charge in [-0.3, -0.25) is 4.90 Å². The van der Waals surface area contributed by atoms with Gasteiger partial charge in [-0.05, 0) is 55.1 Å². The van der Waals surface area contributed by atoms with Gasteiger partial charge in [0.05, 0.1) is 25.7 Å². The van der Waals surface area contributed by atoms with E-state index in [-0.39, 0.29) is 18.2 Å². The number of hydrogen-bond donors (Lipinski definition) is 0. The minimum atomic E-state index is -0.619. The average Bonchev–Trinajstić information content (AvgIpc) is 3.45. The Hall–Kier alpha value is -3.00. The summed E-state index contributed by atoms with van der Waals surface area (Å²) in [5, 5.41) is 0. The van der Waals surface area contributed by atoms with E-state index in [2.05, 4.69) is 15.7 Å². The van der Waals surface area contributed by atoms with E-state index in [1.807, 2.05) is 12.1 Å². The molecule has 0 bridgehead atoms. The first-order valence-electron chi connectivity index (χ1n) is 10.5. The van der Waals surface area contributed by atoms with Crippen LogP contribution in [0.2, 0.25) is 0 Å². The van der Waals surface area contributed by atoms with Gasteiger partial charge in [-0.2, -0.15) is 0 Å². The van der Waals surface area contributed by atoms with Gasteiger partial charge >= 0.3 is 11.9 Å². The topological polar surface area (TPSA) is 83.5 Å². The predicted octanol–water partition coefficient (Wildman–Crippen LogP) is 2.07. The van der Waals surface area contributed by atoms with Gasteiger partial charge in [0.2, 0.25) is 6.79 Å². The van der Waals surface area contributed by atoms with Crippen LogP contribution < -0.4 is 9.47 Å². The molecule has 1 fully saturated rings. The molecule has 3 heterocycles. The zero-order valence-corrected chi connectivity index (χ0v) is 17.6. The Bertz CT molecular complexity index is 984. The van der Waals surface area contributed by atoms with Crippen molar-refractivity contribution in [3.05, 3.63) is 47.2 Å². The highest BCUT2D eigenvalue weighted by atomic mass is 16.7. The lowest BCUT2D eigenvalue weighted by atomic mass is 9.77. The first-order chi connectivity index (χ1) is 15.1. The molecule has 0 aromatic heterocycles. The van der Waals surface area contributed by atoms with Crippen LogP contribution in [0.25, 0.3) is 0 Å². The molecule has 4 aliphatic rings. The van der Waals surface area contributed by atoms with Crippen molar-refractivity contribution < 1.29 is 33.3 Å². The van der Waals surface area contributed by atoms with Crippen LogP contribution >= 0.6 is 0 Å². The van der Waals surface area contributed by atoms with Crippen molar-refractivity contribution in [2.24, 2.45) is 0 Å². The molecule has 0 radical (unpaired) electrons. The Labute approximate surface area is 180 Å². The summed E-state index contributed by atoms with van der Waals surface area (Å²) in [4.78, 5) is 26.4. The van der Waals surface area contributed by atoms with Gasteiger partial charge in [0.1, 0.15) is 5.76 Å². The monoisotopic (exact) mass is 427 g/mol. The van der Waals surface area contributed by atoms with Crippen LogP contribution in [0.1, 0.15) is 29.9 Å². The maximum absolute atomic E-state index is 12.6. The molecule has 3 atom stereocenters. The van der Waals surface area contributed by atoms with Crippen molar-refractivity contribution in [1.29, 1.82) is 0 Å². The fourth-order valence-corrected chi connectivity index (χ4v) is 5.46. The zero-order chi connectivity index (χ0) is 21.6. The number of methoxy groups -OCH3 is 2. The van der Waals surface area contributed by atoms with Crippen LogP contribution in [-0.2, 0) is 30.2 Å². The molecular weight excluding hydrogens is 402 g/mol. The van der Waals surface area contributed by atoms with Crippen molar-refractivity contribution in [1.82, 2.24) is 4.90 Å². The lowest BCUT2D eigenvalue weighted by molar-refractivity contribution is -0.145. The van der Waals surface area contributed by atoms with E-state index in [4.69, 9.17) is 18.9 Å². The molecule has 5 rings (SSSR count). The first-order valence-corrected chi connectivity index (χ1v) is 10.5. The molecule has 1 aromatic rings. The number of carbonyl (C=O) groups excluding carboxylic acids is 2. The van der Waals surface area contributed by atoms with Crippen molar-refractivity contribution in [2.75, 3.05) is 34.1 Å². The van der Waals surface area contributed by atoms with E-state index < -0.39 is 18.0 Å². The second-order valence-electron chi connectivity index (χ2n) is 8.18. The van der Waals surface area contributed by atoms with Crippen LogP contribution in [0, 0.1) is 0 Å². The largest absolute Gasteiger partial charge is 0.497 e. The van der Waals surface area contributed by atoms with E-state index in [1.54, 1.807) is 7.11 Å². The van der Waals surface area contributed by atoms with Crippen LogP contribution in [-0.4, -0.2) is 62.6 Å². The van der Waals surface area contributed by atoms with E-state index in [9.17, 15) is 9.59 Å². The normalized spacial score (nSPS) is 28.4.